The first-order valence-electron chi connectivity index (χ1n) is 4.58. The van der Waals surface area contributed by atoms with E-state index in [0.29, 0.717) is 5.82 Å². The first kappa shape index (κ1) is 9.40. The van der Waals surface area contributed by atoms with Gasteiger partial charge in [0.25, 0.3) is 0 Å². The summed E-state index contributed by atoms with van der Waals surface area (Å²) in [4.78, 5) is 15.5. The van der Waals surface area contributed by atoms with Crippen LogP contribution >= 0.6 is 0 Å². The first-order valence-corrected chi connectivity index (χ1v) is 4.58. The molecule has 1 aromatic heterocycles. The number of hydrogen-bond donors (Lipinski definition) is 0. The number of hydrogen-bond acceptors (Lipinski definition) is 2. The zero-order chi connectivity index (χ0) is 10.7. The van der Waals surface area contributed by atoms with Crippen molar-refractivity contribution in [1.29, 1.82) is 0 Å². The van der Waals surface area contributed by atoms with Crippen LogP contribution in [0.5, 0.6) is 0 Å². The van der Waals surface area contributed by atoms with Gasteiger partial charge in [0.05, 0.1) is 0 Å². The van der Waals surface area contributed by atoms with Crippen molar-refractivity contribution in [2.24, 2.45) is 0 Å². The Morgan fingerprint density at radius 1 is 1.33 bits per heavy atom. The average molecular weight is 198 g/mol. The zero-order valence-electron chi connectivity index (χ0n) is 8.13. The number of rotatable bonds is 3. The summed E-state index contributed by atoms with van der Waals surface area (Å²) in [6, 6.07) is 9.59. The van der Waals surface area contributed by atoms with Gasteiger partial charge in [0.2, 0.25) is 5.78 Å². The molecule has 2 rings (SSSR count). The van der Waals surface area contributed by atoms with Crippen LogP contribution in [-0.4, -0.2) is 15.3 Å². The van der Waals surface area contributed by atoms with Crippen molar-refractivity contribution in [2.45, 2.75) is 0 Å². The minimum atomic E-state index is -0.177. The fraction of sp³-hybridized carbons (Fsp3) is 0. The van der Waals surface area contributed by atoms with Crippen LogP contribution in [-0.2, 0) is 0 Å². The van der Waals surface area contributed by atoms with Crippen molar-refractivity contribution < 1.29 is 4.79 Å². The van der Waals surface area contributed by atoms with Crippen molar-refractivity contribution in [2.75, 3.05) is 0 Å². The maximum Gasteiger partial charge on any atom is 0.221 e. The monoisotopic (exact) mass is 198 g/mol. The molecule has 0 fully saturated rings. The lowest BCUT2D eigenvalue weighted by molar-refractivity contribution is 0.103. The van der Waals surface area contributed by atoms with Gasteiger partial charge in [-0.3, -0.25) is 9.36 Å². The number of aromatic nitrogens is 2. The summed E-state index contributed by atoms with van der Waals surface area (Å²) in [6.45, 7) is 3.45. The van der Waals surface area contributed by atoms with Crippen LogP contribution in [0.15, 0.2) is 55.4 Å². The van der Waals surface area contributed by atoms with E-state index in [1.165, 1.54) is 6.08 Å². The quantitative estimate of drug-likeness (QED) is 0.560. The second-order valence-corrected chi connectivity index (χ2v) is 3.02. The molecule has 0 radical (unpaired) electrons. The number of ketones is 1. The van der Waals surface area contributed by atoms with Gasteiger partial charge in [0.1, 0.15) is 0 Å². The Bertz CT molecular complexity index is 485. The molecule has 2 aromatic rings. The smallest absolute Gasteiger partial charge is 0.221 e. The van der Waals surface area contributed by atoms with E-state index in [-0.39, 0.29) is 5.78 Å². The Morgan fingerprint density at radius 3 is 2.73 bits per heavy atom. The van der Waals surface area contributed by atoms with Crippen LogP contribution in [0.1, 0.15) is 10.6 Å². The maximum absolute atomic E-state index is 11.5. The minimum Gasteiger partial charge on any atom is -0.297 e. The third-order valence-corrected chi connectivity index (χ3v) is 2.08. The van der Waals surface area contributed by atoms with E-state index in [1.54, 1.807) is 17.0 Å². The number of carbonyl (C=O) groups excluding carboxylic acids is 1. The second kappa shape index (κ2) is 3.92. The summed E-state index contributed by atoms with van der Waals surface area (Å²) in [7, 11) is 0. The van der Waals surface area contributed by atoms with E-state index in [2.05, 4.69) is 11.6 Å². The second-order valence-electron chi connectivity index (χ2n) is 3.02. The minimum absolute atomic E-state index is 0.177. The molecule has 1 aromatic carbocycles. The highest BCUT2D eigenvalue weighted by molar-refractivity contribution is 6.01. The highest BCUT2D eigenvalue weighted by Gasteiger charge is 2.09. The number of nitrogens with zero attached hydrogens (tertiary/aromatic N) is 2. The topological polar surface area (TPSA) is 34.9 Å². The highest BCUT2D eigenvalue weighted by atomic mass is 16.1. The van der Waals surface area contributed by atoms with Gasteiger partial charge in [-0.2, -0.15) is 0 Å². The highest BCUT2D eigenvalue weighted by Crippen LogP contribution is 2.10. The van der Waals surface area contributed by atoms with E-state index < -0.39 is 0 Å². The van der Waals surface area contributed by atoms with Gasteiger partial charge in [-0.15, -0.1) is 0 Å². The van der Waals surface area contributed by atoms with E-state index >= 15 is 0 Å². The first-order chi connectivity index (χ1) is 7.33. The molecule has 3 heteroatoms. The molecule has 0 aliphatic heterocycles. The molecule has 0 amide bonds. The molecule has 0 aliphatic carbocycles. The van der Waals surface area contributed by atoms with E-state index in [0.717, 1.165) is 5.69 Å². The Labute approximate surface area is 87.7 Å². The molecule has 0 spiro atoms. The number of imidazole rings is 1. The van der Waals surface area contributed by atoms with Gasteiger partial charge in [0.15, 0.2) is 5.82 Å². The SMILES string of the molecule is C=CC(=O)c1nccn1-c1ccccc1. The maximum atomic E-state index is 11.5. The van der Waals surface area contributed by atoms with Crippen LogP contribution in [0.3, 0.4) is 0 Å². The molecule has 3 nitrogen and oxygen atoms in total. The third kappa shape index (κ3) is 1.72. The Kier molecular flexibility index (Phi) is 2.46. The van der Waals surface area contributed by atoms with Crippen LogP contribution in [0, 0.1) is 0 Å². The summed E-state index contributed by atoms with van der Waals surface area (Å²) in [5.41, 5.74) is 0.917. The normalized spacial score (nSPS) is 9.87. The van der Waals surface area contributed by atoms with E-state index in [1.807, 2.05) is 30.3 Å². The summed E-state index contributed by atoms with van der Waals surface area (Å²) < 4.78 is 1.74. The molecule has 0 bridgehead atoms. The van der Waals surface area contributed by atoms with Crippen molar-refractivity contribution in [3.05, 3.63) is 61.2 Å². The molecule has 15 heavy (non-hydrogen) atoms. The predicted molar refractivity (Wildman–Crippen MR) is 58.1 cm³/mol. The molecule has 0 N–H and O–H groups in total. The van der Waals surface area contributed by atoms with E-state index in [9.17, 15) is 4.79 Å². The zero-order valence-corrected chi connectivity index (χ0v) is 8.13. The number of allylic oxidation sites excluding steroid dienone is 1. The number of para-hydroxylation sites is 1. The molecule has 0 atom stereocenters. The van der Waals surface area contributed by atoms with Gasteiger partial charge in [-0.05, 0) is 18.2 Å². The summed E-state index contributed by atoms with van der Waals surface area (Å²) in [6.07, 6.45) is 4.62. The molecule has 0 saturated carbocycles. The molecule has 0 saturated heterocycles. The van der Waals surface area contributed by atoms with Gasteiger partial charge in [-0.25, -0.2) is 4.98 Å². The van der Waals surface area contributed by atoms with Crippen molar-refractivity contribution in [1.82, 2.24) is 9.55 Å². The molecule has 0 aliphatic rings. The lowest BCUT2D eigenvalue weighted by Crippen LogP contribution is -2.05. The fourth-order valence-electron chi connectivity index (χ4n) is 1.37. The Balaban J connectivity index is 2.50. The van der Waals surface area contributed by atoms with E-state index in [4.69, 9.17) is 0 Å². The van der Waals surface area contributed by atoms with Gasteiger partial charge < -0.3 is 0 Å². The van der Waals surface area contributed by atoms with Crippen molar-refractivity contribution >= 4 is 5.78 Å². The van der Waals surface area contributed by atoms with Gasteiger partial charge in [-0.1, -0.05) is 24.8 Å². The summed E-state index contributed by atoms with van der Waals surface area (Å²) in [5, 5.41) is 0. The lowest BCUT2D eigenvalue weighted by atomic mass is 10.3. The standard InChI is InChI=1S/C12H10N2O/c1-2-11(15)12-13-8-9-14(12)10-6-4-3-5-7-10/h2-9H,1H2. The van der Waals surface area contributed by atoms with Gasteiger partial charge >= 0.3 is 0 Å². The Morgan fingerprint density at radius 2 is 2.07 bits per heavy atom. The van der Waals surface area contributed by atoms with Gasteiger partial charge in [0, 0.05) is 18.1 Å². The van der Waals surface area contributed by atoms with Crippen LogP contribution in [0.2, 0.25) is 0 Å². The van der Waals surface area contributed by atoms with Crippen LogP contribution in [0.25, 0.3) is 5.69 Å². The molecular formula is C12H10N2O. The van der Waals surface area contributed by atoms with Crippen LogP contribution < -0.4 is 0 Å². The van der Waals surface area contributed by atoms with Crippen molar-refractivity contribution in [3.8, 4) is 5.69 Å². The molecule has 0 unspecified atom stereocenters. The van der Waals surface area contributed by atoms with Crippen molar-refractivity contribution in [3.63, 3.8) is 0 Å². The predicted octanol–water partition coefficient (Wildman–Crippen LogP) is 2.24. The summed E-state index contributed by atoms with van der Waals surface area (Å²) in [5.74, 6) is 0.208. The van der Waals surface area contributed by atoms with Crippen LogP contribution in [0.4, 0.5) is 0 Å². The summed E-state index contributed by atoms with van der Waals surface area (Å²) >= 11 is 0. The lowest BCUT2D eigenvalue weighted by Gasteiger charge is -2.04. The molecular weight excluding hydrogens is 188 g/mol. The number of benzene rings is 1. The molecule has 74 valence electrons. The number of carbonyl (C=O) groups is 1. The Hall–Kier alpha value is -2.16. The average Bonchev–Trinajstić information content (AvgIpc) is 2.78. The largest absolute Gasteiger partial charge is 0.297 e. The fourth-order valence-corrected chi connectivity index (χ4v) is 1.37. The third-order valence-electron chi connectivity index (χ3n) is 2.08. The molecule has 1 heterocycles.